The van der Waals surface area contributed by atoms with Crippen molar-refractivity contribution >= 4 is 11.6 Å². The third-order valence-electron chi connectivity index (χ3n) is 4.47. The first-order valence-corrected chi connectivity index (χ1v) is 9.69. The van der Waals surface area contributed by atoms with E-state index in [-0.39, 0.29) is 17.0 Å². The van der Waals surface area contributed by atoms with Crippen molar-refractivity contribution in [1.82, 2.24) is 0 Å². The highest BCUT2D eigenvalue weighted by Gasteiger charge is 2.25. The largest absolute Gasteiger partial charge is 1.00 e. The van der Waals surface area contributed by atoms with Crippen LogP contribution in [0.3, 0.4) is 0 Å². The quantitative estimate of drug-likeness (QED) is 0.231. The van der Waals surface area contributed by atoms with Crippen LogP contribution in [0, 0.1) is 0 Å². The first-order chi connectivity index (χ1) is 9.74. The molecular weight excluding hydrogens is 346 g/mol. The average Bonchev–Trinajstić information content (AvgIpc) is 2.46. The van der Waals surface area contributed by atoms with Crippen molar-refractivity contribution in [3.63, 3.8) is 0 Å². The lowest BCUT2D eigenvalue weighted by Crippen LogP contribution is -3.00. The van der Waals surface area contributed by atoms with Crippen LogP contribution in [0.4, 0.5) is 0 Å². The number of hydrogen-bond donors (Lipinski definition) is 0. The van der Waals surface area contributed by atoms with E-state index < -0.39 is 0 Å². The molecule has 0 fully saturated rings. The minimum atomic E-state index is 0. The maximum Gasteiger partial charge on any atom is 0.0787 e. The molecule has 0 aliphatic heterocycles. The Labute approximate surface area is 150 Å². The molecule has 0 saturated heterocycles. The zero-order chi connectivity index (χ0) is 15.1. The first-order valence-electron chi connectivity index (χ1n) is 9.15. The Hall–Kier alpha value is 0.730. The minimum Gasteiger partial charge on any atom is -1.00 e. The molecule has 0 amide bonds. The first kappa shape index (κ1) is 24.0. The molecule has 21 heavy (non-hydrogen) atoms. The van der Waals surface area contributed by atoms with Crippen LogP contribution in [0.1, 0.15) is 85.0 Å². The summed E-state index contributed by atoms with van der Waals surface area (Å²) in [5.41, 5.74) is 0. The maximum absolute atomic E-state index is 5.88. The highest BCUT2D eigenvalue weighted by molar-refractivity contribution is 6.17. The van der Waals surface area contributed by atoms with Gasteiger partial charge in [-0.25, -0.2) is 0 Å². The number of nitrogens with zero attached hydrogens (tertiary/aromatic N) is 1. The average molecular weight is 385 g/mol. The predicted molar refractivity (Wildman–Crippen MR) is 93.6 cm³/mol. The second-order valence-electron chi connectivity index (χ2n) is 6.40. The Bertz CT molecular complexity index is 173. The van der Waals surface area contributed by atoms with Gasteiger partial charge in [-0.2, -0.15) is 0 Å². The molecule has 0 aromatic heterocycles. The van der Waals surface area contributed by atoms with E-state index in [4.69, 9.17) is 11.6 Å². The van der Waals surface area contributed by atoms with E-state index in [1.165, 1.54) is 94.9 Å². The van der Waals surface area contributed by atoms with Gasteiger partial charge < -0.3 is 21.5 Å². The van der Waals surface area contributed by atoms with Crippen LogP contribution in [-0.4, -0.2) is 36.5 Å². The topological polar surface area (TPSA) is 0 Å². The van der Waals surface area contributed by atoms with Crippen molar-refractivity contribution < 1.29 is 21.5 Å². The van der Waals surface area contributed by atoms with Crippen LogP contribution in [0.2, 0.25) is 0 Å². The Balaban J connectivity index is 0. The van der Waals surface area contributed by atoms with Gasteiger partial charge in [0.15, 0.2) is 0 Å². The van der Waals surface area contributed by atoms with Gasteiger partial charge in [-0.3, -0.25) is 0 Å². The summed E-state index contributed by atoms with van der Waals surface area (Å²) >= 11 is 5.88. The van der Waals surface area contributed by atoms with E-state index in [0.29, 0.717) is 0 Å². The molecule has 0 aliphatic rings. The summed E-state index contributed by atoms with van der Waals surface area (Å²) in [6, 6.07) is 0. The molecular formula is C18H39BrClN. The number of halogens is 2. The van der Waals surface area contributed by atoms with Gasteiger partial charge in [-0.05, 0) is 44.9 Å². The zero-order valence-electron chi connectivity index (χ0n) is 14.8. The van der Waals surface area contributed by atoms with Gasteiger partial charge in [0.1, 0.15) is 0 Å². The zero-order valence-corrected chi connectivity index (χ0v) is 17.2. The number of unbranched alkanes of at least 4 members (excludes halogenated alkanes) is 6. The van der Waals surface area contributed by atoms with Gasteiger partial charge in [0.2, 0.25) is 0 Å². The lowest BCUT2D eigenvalue weighted by atomic mass is 10.1. The van der Waals surface area contributed by atoms with E-state index in [9.17, 15) is 0 Å². The summed E-state index contributed by atoms with van der Waals surface area (Å²) < 4.78 is 1.38. The highest BCUT2D eigenvalue weighted by atomic mass is 79.9. The molecule has 0 aliphatic carbocycles. The molecule has 0 aromatic rings. The van der Waals surface area contributed by atoms with Gasteiger partial charge in [0.05, 0.1) is 26.2 Å². The van der Waals surface area contributed by atoms with E-state index in [1.807, 2.05) is 0 Å². The lowest BCUT2D eigenvalue weighted by Gasteiger charge is -2.39. The summed E-state index contributed by atoms with van der Waals surface area (Å²) in [5.74, 6) is 0.831. The third kappa shape index (κ3) is 12.9. The summed E-state index contributed by atoms with van der Waals surface area (Å²) in [4.78, 5) is 0. The van der Waals surface area contributed by atoms with Gasteiger partial charge in [0, 0.05) is 5.88 Å². The lowest BCUT2D eigenvalue weighted by molar-refractivity contribution is -0.929. The van der Waals surface area contributed by atoms with Crippen molar-refractivity contribution in [2.45, 2.75) is 85.0 Å². The molecule has 0 radical (unpaired) electrons. The SMILES string of the molecule is CCCCC[N+](CCCC)(CCCCC)CCCCCl.[Br-]. The van der Waals surface area contributed by atoms with E-state index in [1.54, 1.807) is 0 Å². The molecule has 130 valence electrons. The Kier molecular flexibility index (Phi) is 19.5. The molecule has 0 atom stereocenters. The standard InChI is InChI=1S/C18H39ClN.BrH/c1-4-7-11-16-20(15-9-6-3,17-12-8-5-2)18-13-10-14-19;/h4-18H2,1-3H3;1H/q+1;/p-1. The molecule has 0 aromatic carbocycles. The van der Waals surface area contributed by atoms with Crippen molar-refractivity contribution in [1.29, 1.82) is 0 Å². The molecule has 0 rings (SSSR count). The molecule has 0 bridgehead atoms. The van der Waals surface area contributed by atoms with Gasteiger partial charge in [-0.15, -0.1) is 11.6 Å². The van der Waals surface area contributed by atoms with Crippen LogP contribution in [0.5, 0.6) is 0 Å². The fourth-order valence-electron chi connectivity index (χ4n) is 3.10. The molecule has 0 unspecified atom stereocenters. The van der Waals surface area contributed by atoms with Crippen LogP contribution in [0.15, 0.2) is 0 Å². The molecule has 0 N–H and O–H groups in total. The van der Waals surface area contributed by atoms with Crippen molar-refractivity contribution in [2.75, 3.05) is 32.1 Å². The van der Waals surface area contributed by atoms with Gasteiger partial charge >= 0.3 is 0 Å². The summed E-state index contributed by atoms with van der Waals surface area (Å²) in [5, 5.41) is 0. The molecule has 0 spiro atoms. The monoisotopic (exact) mass is 383 g/mol. The summed E-state index contributed by atoms with van der Waals surface area (Å²) in [7, 11) is 0. The third-order valence-corrected chi connectivity index (χ3v) is 4.74. The maximum atomic E-state index is 5.88. The highest BCUT2D eigenvalue weighted by Crippen LogP contribution is 2.17. The number of hydrogen-bond acceptors (Lipinski definition) is 0. The second-order valence-corrected chi connectivity index (χ2v) is 6.78. The number of quaternary nitrogens is 1. The minimum absolute atomic E-state index is 0. The summed E-state index contributed by atoms with van der Waals surface area (Å²) in [6.45, 7) is 12.5. The van der Waals surface area contributed by atoms with Crippen molar-refractivity contribution in [3.05, 3.63) is 0 Å². The fraction of sp³-hybridized carbons (Fsp3) is 1.00. The van der Waals surface area contributed by atoms with Crippen LogP contribution in [-0.2, 0) is 0 Å². The number of alkyl halides is 1. The van der Waals surface area contributed by atoms with Crippen molar-refractivity contribution in [3.8, 4) is 0 Å². The van der Waals surface area contributed by atoms with E-state index >= 15 is 0 Å². The van der Waals surface area contributed by atoms with Crippen LogP contribution in [0.25, 0.3) is 0 Å². The number of rotatable bonds is 15. The Morgan fingerprint density at radius 1 is 0.571 bits per heavy atom. The fourth-order valence-corrected chi connectivity index (χ4v) is 3.29. The van der Waals surface area contributed by atoms with E-state index in [0.717, 1.165) is 5.88 Å². The normalized spacial score (nSPS) is 11.4. The molecule has 1 nitrogen and oxygen atoms in total. The van der Waals surface area contributed by atoms with Crippen molar-refractivity contribution in [2.24, 2.45) is 0 Å². The van der Waals surface area contributed by atoms with Crippen LogP contribution < -0.4 is 17.0 Å². The van der Waals surface area contributed by atoms with Crippen LogP contribution >= 0.6 is 11.6 Å². The Morgan fingerprint density at radius 3 is 1.33 bits per heavy atom. The predicted octanol–water partition coefficient (Wildman–Crippen LogP) is 3.01. The smallest absolute Gasteiger partial charge is 0.0787 e. The molecule has 0 saturated carbocycles. The molecule has 3 heteroatoms. The van der Waals surface area contributed by atoms with Gasteiger partial charge in [0.25, 0.3) is 0 Å². The Morgan fingerprint density at radius 2 is 0.952 bits per heavy atom. The van der Waals surface area contributed by atoms with E-state index in [2.05, 4.69) is 20.8 Å². The van der Waals surface area contributed by atoms with Gasteiger partial charge in [-0.1, -0.05) is 40.0 Å². The molecule has 0 heterocycles. The second kappa shape index (κ2) is 17.1. The summed E-state index contributed by atoms with van der Waals surface area (Å²) in [6.07, 6.45) is 13.5.